The Labute approximate surface area is 158 Å². The molecule has 9 heteroatoms. The van der Waals surface area contributed by atoms with Crippen LogP contribution >= 0.6 is 11.6 Å². The number of hydrogen-bond donors (Lipinski definition) is 1. The van der Waals surface area contributed by atoms with Gasteiger partial charge in [0.1, 0.15) is 0 Å². The van der Waals surface area contributed by atoms with Crippen LogP contribution in [0.5, 0.6) is 0 Å². The predicted molar refractivity (Wildman–Crippen MR) is 104 cm³/mol. The molecule has 0 spiro atoms. The van der Waals surface area contributed by atoms with E-state index < -0.39 is 20.0 Å². The average Bonchev–Trinajstić information content (AvgIpc) is 2.95. The van der Waals surface area contributed by atoms with Crippen molar-refractivity contribution < 1.29 is 16.8 Å². The zero-order chi connectivity index (χ0) is 18.9. The third-order valence-corrected chi connectivity index (χ3v) is 7.78. The second kappa shape index (κ2) is 7.09. The molecular formula is C17H19ClN2O4S2. The van der Waals surface area contributed by atoms with Crippen LogP contribution in [0.1, 0.15) is 18.9 Å². The quantitative estimate of drug-likeness (QED) is 0.813. The van der Waals surface area contributed by atoms with E-state index in [4.69, 9.17) is 11.6 Å². The molecule has 0 amide bonds. The van der Waals surface area contributed by atoms with Gasteiger partial charge >= 0.3 is 0 Å². The second-order valence-corrected chi connectivity index (χ2v) is 10.1. The van der Waals surface area contributed by atoms with E-state index in [1.807, 2.05) is 6.92 Å². The highest BCUT2D eigenvalue weighted by molar-refractivity contribution is 7.93. The van der Waals surface area contributed by atoms with Crippen LogP contribution in [0, 0.1) is 0 Å². The molecule has 0 bridgehead atoms. The Morgan fingerprint density at radius 2 is 1.85 bits per heavy atom. The molecule has 0 atom stereocenters. The van der Waals surface area contributed by atoms with Gasteiger partial charge in [-0.1, -0.05) is 30.7 Å². The Kier molecular flexibility index (Phi) is 5.18. The number of benzene rings is 2. The first kappa shape index (κ1) is 19.0. The Morgan fingerprint density at radius 3 is 2.42 bits per heavy atom. The predicted octanol–water partition coefficient (Wildman–Crippen LogP) is 3.24. The normalized spacial score (nSPS) is 16.6. The molecule has 140 valence electrons. The molecule has 1 aliphatic heterocycles. The van der Waals surface area contributed by atoms with Crippen LogP contribution in [0.3, 0.4) is 0 Å². The van der Waals surface area contributed by atoms with E-state index in [1.165, 1.54) is 22.5 Å². The molecular weight excluding hydrogens is 396 g/mol. The molecule has 1 fully saturated rings. The van der Waals surface area contributed by atoms with Crippen molar-refractivity contribution in [3.63, 3.8) is 0 Å². The number of nitrogens with one attached hydrogen (secondary N) is 1. The maximum atomic E-state index is 12.6. The van der Waals surface area contributed by atoms with Gasteiger partial charge in [0, 0.05) is 6.54 Å². The van der Waals surface area contributed by atoms with Crippen molar-refractivity contribution in [3.05, 3.63) is 53.1 Å². The Balaban J connectivity index is 1.91. The van der Waals surface area contributed by atoms with Crippen LogP contribution in [-0.2, 0) is 26.5 Å². The molecule has 1 N–H and O–H groups in total. The molecule has 2 aromatic rings. The number of hydrogen-bond acceptors (Lipinski definition) is 4. The minimum Gasteiger partial charge on any atom is -0.280 e. The number of halogens is 1. The molecule has 1 aliphatic rings. The lowest BCUT2D eigenvalue weighted by molar-refractivity contribution is 0.598. The van der Waals surface area contributed by atoms with Crippen LogP contribution in [0.4, 0.5) is 11.4 Å². The molecule has 0 unspecified atom stereocenters. The molecule has 0 aromatic heterocycles. The van der Waals surface area contributed by atoms with E-state index >= 15 is 0 Å². The van der Waals surface area contributed by atoms with Crippen LogP contribution in [-0.4, -0.2) is 29.1 Å². The Hall–Kier alpha value is -1.77. The van der Waals surface area contributed by atoms with E-state index in [-0.39, 0.29) is 27.0 Å². The SMILES string of the molecule is CCc1ccc(S(=O)(=O)Nc2ccc(Cl)c(N3CCCS3(=O)=O)c2)cc1. The highest BCUT2D eigenvalue weighted by Gasteiger charge is 2.30. The summed E-state index contributed by atoms with van der Waals surface area (Å²) in [6.45, 7) is 2.32. The van der Waals surface area contributed by atoms with Gasteiger partial charge < -0.3 is 0 Å². The summed E-state index contributed by atoms with van der Waals surface area (Å²) in [6.07, 6.45) is 1.33. The highest BCUT2D eigenvalue weighted by atomic mass is 35.5. The lowest BCUT2D eigenvalue weighted by Crippen LogP contribution is -2.25. The summed E-state index contributed by atoms with van der Waals surface area (Å²) in [5.74, 6) is 0.0586. The molecule has 6 nitrogen and oxygen atoms in total. The zero-order valence-corrected chi connectivity index (χ0v) is 16.5. The van der Waals surface area contributed by atoms with Crippen LogP contribution < -0.4 is 9.03 Å². The average molecular weight is 415 g/mol. The Morgan fingerprint density at radius 1 is 1.15 bits per heavy atom. The third kappa shape index (κ3) is 3.82. The van der Waals surface area contributed by atoms with Crippen molar-refractivity contribution in [1.29, 1.82) is 0 Å². The monoisotopic (exact) mass is 414 g/mol. The minimum absolute atomic E-state index is 0.0586. The van der Waals surface area contributed by atoms with E-state index in [0.29, 0.717) is 13.0 Å². The van der Waals surface area contributed by atoms with Gasteiger partial charge in [0.05, 0.1) is 27.0 Å². The lowest BCUT2D eigenvalue weighted by atomic mass is 10.2. The third-order valence-electron chi connectivity index (χ3n) is 4.21. The molecule has 3 rings (SSSR count). The number of rotatable bonds is 5. The molecule has 0 aliphatic carbocycles. The fourth-order valence-corrected chi connectivity index (χ4v) is 5.69. The van der Waals surface area contributed by atoms with E-state index in [1.54, 1.807) is 24.3 Å². The van der Waals surface area contributed by atoms with Gasteiger partial charge in [0.2, 0.25) is 10.0 Å². The van der Waals surface area contributed by atoms with Crippen LogP contribution in [0.25, 0.3) is 0 Å². The smallest absolute Gasteiger partial charge is 0.261 e. The van der Waals surface area contributed by atoms with Crippen molar-refractivity contribution in [1.82, 2.24) is 0 Å². The molecule has 0 saturated carbocycles. The first-order valence-electron chi connectivity index (χ1n) is 8.15. The van der Waals surface area contributed by atoms with Gasteiger partial charge in [-0.3, -0.25) is 9.03 Å². The first-order chi connectivity index (χ1) is 12.2. The summed E-state index contributed by atoms with van der Waals surface area (Å²) in [6, 6.07) is 11.1. The zero-order valence-electron chi connectivity index (χ0n) is 14.1. The fraction of sp³-hybridized carbons (Fsp3) is 0.294. The minimum atomic E-state index is -3.78. The maximum absolute atomic E-state index is 12.6. The number of sulfonamides is 2. The van der Waals surface area contributed by atoms with Gasteiger partial charge in [-0.05, 0) is 48.7 Å². The van der Waals surface area contributed by atoms with Gasteiger partial charge in [-0.15, -0.1) is 0 Å². The summed E-state index contributed by atoms with van der Waals surface area (Å²) in [4.78, 5) is 0.139. The van der Waals surface area contributed by atoms with Gasteiger partial charge in [0.15, 0.2) is 0 Å². The summed E-state index contributed by atoms with van der Waals surface area (Å²) < 4.78 is 53.1. The van der Waals surface area contributed by atoms with Crippen molar-refractivity contribution in [3.8, 4) is 0 Å². The van der Waals surface area contributed by atoms with Crippen molar-refractivity contribution in [2.24, 2.45) is 0 Å². The van der Waals surface area contributed by atoms with Crippen LogP contribution in [0.15, 0.2) is 47.4 Å². The van der Waals surface area contributed by atoms with Gasteiger partial charge in [-0.2, -0.15) is 0 Å². The summed E-state index contributed by atoms with van der Waals surface area (Å²) in [7, 11) is -7.19. The van der Waals surface area contributed by atoms with Crippen LogP contribution in [0.2, 0.25) is 5.02 Å². The summed E-state index contributed by atoms with van der Waals surface area (Å²) in [5, 5.41) is 0.255. The van der Waals surface area contributed by atoms with E-state index in [0.717, 1.165) is 12.0 Å². The molecule has 26 heavy (non-hydrogen) atoms. The maximum Gasteiger partial charge on any atom is 0.261 e. The number of nitrogens with zero attached hydrogens (tertiary/aromatic N) is 1. The topological polar surface area (TPSA) is 83.6 Å². The number of anilines is 2. The summed E-state index contributed by atoms with van der Waals surface area (Å²) >= 11 is 6.14. The van der Waals surface area contributed by atoms with Gasteiger partial charge in [-0.25, -0.2) is 16.8 Å². The standard InChI is InChI=1S/C17H19ClN2O4S2/c1-2-13-4-7-15(8-5-13)26(23,24)19-14-6-9-16(18)17(12-14)20-10-3-11-25(20,21)22/h4-9,12,19H,2-3,10-11H2,1H3. The van der Waals surface area contributed by atoms with E-state index in [2.05, 4.69) is 4.72 Å². The number of aryl methyl sites for hydroxylation is 1. The Bertz CT molecular complexity index is 1020. The largest absolute Gasteiger partial charge is 0.280 e. The summed E-state index contributed by atoms with van der Waals surface area (Å²) in [5.41, 5.74) is 1.58. The molecule has 1 saturated heterocycles. The second-order valence-electron chi connectivity index (χ2n) is 6.01. The molecule has 2 aromatic carbocycles. The van der Waals surface area contributed by atoms with Crippen molar-refractivity contribution in [2.45, 2.75) is 24.7 Å². The molecule has 0 radical (unpaired) electrons. The van der Waals surface area contributed by atoms with Gasteiger partial charge in [0.25, 0.3) is 10.0 Å². The fourth-order valence-electron chi connectivity index (χ4n) is 2.80. The molecule has 1 heterocycles. The highest BCUT2D eigenvalue weighted by Crippen LogP contribution is 2.34. The first-order valence-corrected chi connectivity index (χ1v) is 11.6. The van der Waals surface area contributed by atoms with Crippen molar-refractivity contribution >= 4 is 43.0 Å². The lowest BCUT2D eigenvalue weighted by Gasteiger charge is -2.19. The van der Waals surface area contributed by atoms with Crippen molar-refractivity contribution in [2.75, 3.05) is 21.3 Å². The van der Waals surface area contributed by atoms with E-state index in [9.17, 15) is 16.8 Å².